The summed E-state index contributed by atoms with van der Waals surface area (Å²) < 4.78 is 7.06. The minimum Gasteiger partial charge on any atom is -0.444 e. The summed E-state index contributed by atoms with van der Waals surface area (Å²) in [6.07, 6.45) is 7.12. The van der Waals surface area contributed by atoms with Gasteiger partial charge in [0.2, 0.25) is 5.91 Å². The number of aryl methyl sites for hydroxylation is 1. The van der Waals surface area contributed by atoms with Crippen LogP contribution in [0.2, 0.25) is 0 Å². The molecule has 0 spiro atoms. The molecule has 2 aromatic rings. The van der Waals surface area contributed by atoms with E-state index in [1.807, 2.05) is 0 Å². The first-order valence-electron chi connectivity index (χ1n) is 12.3. The number of anilines is 2. The van der Waals surface area contributed by atoms with Crippen molar-refractivity contribution in [1.29, 1.82) is 0 Å². The Kier molecular flexibility index (Phi) is 6.29. The van der Waals surface area contributed by atoms with Gasteiger partial charge in [-0.2, -0.15) is 0 Å². The van der Waals surface area contributed by atoms with Crippen molar-refractivity contribution < 1.29 is 19.1 Å². The zero-order chi connectivity index (χ0) is 24.7. The molecule has 188 valence electrons. The van der Waals surface area contributed by atoms with Crippen molar-refractivity contribution in [3.05, 3.63) is 22.2 Å². The molecule has 5 rings (SSSR count). The Labute approximate surface area is 208 Å². The second-order valence-corrected chi connectivity index (χ2v) is 11.8. The van der Waals surface area contributed by atoms with Crippen molar-refractivity contribution in [2.75, 3.05) is 17.2 Å². The summed E-state index contributed by atoms with van der Waals surface area (Å²) >= 11 is 1.51. The number of thiophene rings is 1. The van der Waals surface area contributed by atoms with Gasteiger partial charge in [0.1, 0.15) is 10.6 Å². The molecule has 0 bridgehead atoms. The Bertz CT molecular complexity index is 1140. The largest absolute Gasteiger partial charge is 0.444 e. The lowest BCUT2D eigenvalue weighted by Gasteiger charge is -2.25. The fraction of sp³-hybridized carbons (Fsp3) is 0.625. The second kappa shape index (κ2) is 9.25. The average molecular weight is 501 g/mol. The predicted octanol–water partition coefficient (Wildman–Crippen LogP) is 3.90. The highest BCUT2D eigenvalue weighted by atomic mass is 32.1. The molecule has 2 aromatic heterocycles. The lowest BCUT2D eigenvalue weighted by molar-refractivity contribution is -0.117. The maximum absolute atomic E-state index is 13.3. The molecule has 3 aliphatic carbocycles. The van der Waals surface area contributed by atoms with Gasteiger partial charge in [-0.15, -0.1) is 16.4 Å². The van der Waals surface area contributed by atoms with Crippen molar-refractivity contribution in [1.82, 2.24) is 20.3 Å². The van der Waals surface area contributed by atoms with E-state index < -0.39 is 11.7 Å². The number of hydrogen-bond acceptors (Lipinski definition) is 7. The van der Waals surface area contributed by atoms with Crippen LogP contribution in [0.15, 0.2) is 6.20 Å². The number of ether oxygens (including phenoxy) is 1. The van der Waals surface area contributed by atoms with Crippen LogP contribution in [0.25, 0.3) is 0 Å². The summed E-state index contributed by atoms with van der Waals surface area (Å²) in [6, 6.07) is -0.0912. The second-order valence-electron chi connectivity index (χ2n) is 10.7. The molecule has 0 radical (unpaired) electrons. The number of aromatic nitrogens is 3. The van der Waals surface area contributed by atoms with E-state index in [2.05, 4.69) is 26.3 Å². The van der Waals surface area contributed by atoms with Gasteiger partial charge in [0.15, 0.2) is 5.82 Å². The number of hydrogen-bond donors (Lipinski definition) is 3. The quantitative estimate of drug-likeness (QED) is 0.529. The van der Waals surface area contributed by atoms with Crippen LogP contribution >= 0.6 is 11.3 Å². The van der Waals surface area contributed by atoms with Crippen LogP contribution in [0.4, 0.5) is 15.6 Å². The van der Waals surface area contributed by atoms with E-state index in [4.69, 9.17) is 4.74 Å². The maximum atomic E-state index is 13.3. The number of rotatable bonds is 7. The molecule has 1 unspecified atom stereocenters. The normalized spacial score (nSPS) is 19.6. The summed E-state index contributed by atoms with van der Waals surface area (Å²) in [5.74, 6) is 0.927. The van der Waals surface area contributed by atoms with Crippen LogP contribution in [-0.4, -0.2) is 45.0 Å². The lowest BCUT2D eigenvalue weighted by atomic mass is 9.91. The molecule has 3 amide bonds. The van der Waals surface area contributed by atoms with Crippen molar-refractivity contribution in [3.63, 3.8) is 0 Å². The molecule has 0 saturated heterocycles. The number of fused-ring (bicyclic) bond motifs is 1. The predicted molar refractivity (Wildman–Crippen MR) is 132 cm³/mol. The van der Waals surface area contributed by atoms with Crippen molar-refractivity contribution in [3.8, 4) is 0 Å². The van der Waals surface area contributed by atoms with E-state index in [9.17, 15) is 14.4 Å². The SMILES string of the molecule is CC(C)(C)OC(=O)Nc1cnnn1C1CCc2sc(NC(=O)C3CC3)c(C(=O)NCC3CC3)c2C1. The van der Waals surface area contributed by atoms with Crippen LogP contribution < -0.4 is 16.0 Å². The zero-order valence-electron chi connectivity index (χ0n) is 20.3. The van der Waals surface area contributed by atoms with Gasteiger partial charge in [-0.25, -0.2) is 9.48 Å². The fourth-order valence-corrected chi connectivity index (χ4v) is 5.56. The molecule has 3 aliphatic rings. The molecule has 2 fully saturated rings. The third-order valence-corrected chi connectivity index (χ3v) is 7.65. The highest BCUT2D eigenvalue weighted by Crippen LogP contribution is 2.42. The molecule has 3 N–H and O–H groups in total. The highest BCUT2D eigenvalue weighted by molar-refractivity contribution is 7.17. The van der Waals surface area contributed by atoms with E-state index in [0.717, 1.165) is 49.0 Å². The molecule has 2 heterocycles. The Hall–Kier alpha value is -2.95. The molecular weight excluding hydrogens is 468 g/mol. The van der Waals surface area contributed by atoms with Crippen molar-refractivity contribution in [2.45, 2.75) is 77.4 Å². The zero-order valence-corrected chi connectivity index (χ0v) is 21.2. The minimum atomic E-state index is -0.622. The molecule has 1 atom stereocenters. The minimum absolute atomic E-state index is 0.00323. The Morgan fingerprint density at radius 1 is 1.14 bits per heavy atom. The summed E-state index contributed by atoms with van der Waals surface area (Å²) in [5, 5.41) is 17.7. The number of amides is 3. The van der Waals surface area contributed by atoms with Gasteiger partial charge in [0.25, 0.3) is 5.91 Å². The fourth-order valence-electron chi connectivity index (χ4n) is 4.32. The van der Waals surface area contributed by atoms with Crippen LogP contribution in [0.5, 0.6) is 0 Å². The van der Waals surface area contributed by atoms with E-state index in [0.29, 0.717) is 35.3 Å². The van der Waals surface area contributed by atoms with Gasteiger partial charge in [-0.3, -0.25) is 14.9 Å². The van der Waals surface area contributed by atoms with Crippen LogP contribution in [-0.2, 0) is 22.4 Å². The average Bonchev–Trinajstić information content (AvgIpc) is 3.70. The van der Waals surface area contributed by atoms with Gasteiger partial charge in [-0.1, -0.05) is 5.21 Å². The van der Waals surface area contributed by atoms with Gasteiger partial charge in [0, 0.05) is 17.3 Å². The van der Waals surface area contributed by atoms with Gasteiger partial charge in [-0.05, 0) is 77.2 Å². The molecule has 0 aliphatic heterocycles. The van der Waals surface area contributed by atoms with Gasteiger partial charge in [0.05, 0.1) is 17.8 Å². The van der Waals surface area contributed by atoms with Crippen molar-refractivity contribution in [2.24, 2.45) is 11.8 Å². The summed E-state index contributed by atoms with van der Waals surface area (Å²) in [6.45, 7) is 6.07. The first-order chi connectivity index (χ1) is 16.7. The van der Waals surface area contributed by atoms with Gasteiger partial charge < -0.3 is 15.4 Å². The van der Waals surface area contributed by atoms with Crippen LogP contribution in [0.3, 0.4) is 0 Å². The maximum Gasteiger partial charge on any atom is 0.413 e. The Balaban J connectivity index is 1.37. The number of nitrogens with one attached hydrogen (secondary N) is 3. The topological polar surface area (TPSA) is 127 Å². The van der Waals surface area contributed by atoms with E-state index >= 15 is 0 Å². The molecule has 10 nitrogen and oxygen atoms in total. The third-order valence-electron chi connectivity index (χ3n) is 6.44. The van der Waals surface area contributed by atoms with Crippen LogP contribution in [0.1, 0.15) is 79.7 Å². The molecule has 35 heavy (non-hydrogen) atoms. The summed E-state index contributed by atoms with van der Waals surface area (Å²) in [4.78, 5) is 39.2. The third kappa shape index (κ3) is 5.66. The number of nitrogens with zero attached hydrogens (tertiary/aromatic N) is 3. The molecule has 0 aromatic carbocycles. The first-order valence-corrected chi connectivity index (χ1v) is 13.1. The van der Waals surface area contributed by atoms with Crippen LogP contribution in [0, 0.1) is 11.8 Å². The molecule has 11 heteroatoms. The van der Waals surface area contributed by atoms with E-state index in [1.54, 1.807) is 25.5 Å². The molecular formula is C24H32N6O4S. The van der Waals surface area contributed by atoms with E-state index in [1.165, 1.54) is 17.5 Å². The Morgan fingerprint density at radius 3 is 2.60 bits per heavy atom. The Morgan fingerprint density at radius 2 is 1.91 bits per heavy atom. The molecule has 2 saturated carbocycles. The number of carbonyl (C=O) groups is 3. The van der Waals surface area contributed by atoms with Gasteiger partial charge >= 0.3 is 6.09 Å². The number of carbonyl (C=O) groups excluding carboxylic acids is 3. The highest BCUT2D eigenvalue weighted by Gasteiger charge is 2.35. The van der Waals surface area contributed by atoms with E-state index in [-0.39, 0.29) is 23.8 Å². The monoisotopic (exact) mass is 500 g/mol. The van der Waals surface area contributed by atoms with Crippen molar-refractivity contribution >= 4 is 40.1 Å². The first kappa shape index (κ1) is 23.8. The standard InChI is InChI=1S/C24H32N6O4S/c1-24(2,3)34-23(33)27-18-12-26-29-30(18)15-8-9-17-16(10-15)19(21(32)25-11-13-4-5-13)22(35-17)28-20(31)14-6-7-14/h12-15H,4-11H2,1-3H3,(H,25,32)(H,27,33)(H,28,31). The summed E-state index contributed by atoms with van der Waals surface area (Å²) in [5.41, 5.74) is 0.901. The lowest BCUT2D eigenvalue weighted by Crippen LogP contribution is -2.30. The smallest absolute Gasteiger partial charge is 0.413 e. The summed E-state index contributed by atoms with van der Waals surface area (Å²) in [7, 11) is 0.